The number of aliphatic hydroxyl groups excluding tert-OH is 2. The van der Waals surface area contributed by atoms with E-state index in [-0.39, 0.29) is 11.5 Å². The van der Waals surface area contributed by atoms with Crippen LogP contribution in [-0.4, -0.2) is 36.6 Å². The Hall–Kier alpha value is -0.950. The molecule has 1 aliphatic carbocycles. The third kappa shape index (κ3) is 4.07. The van der Waals surface area contributed by atoms with Crippen molar-refractivity contribution >= 4 is 25.8 Å². The molecule has 1 aliphatic rings. The van der Waals surface area contributed by atoms with Crippen LogP contribution in [0.2, 0.25) is 0 Å². The lowest BCUT2D eigenvalue weighted by molar-refractivity contribution is 0.0885. The Balaban J connectivity index is 2.18. The largest absolute Gasteiger partial charge is 0.394 e. The normalized spacial score (nSPS) is 19.3. The van der Waals surface area contributed by atoms with Crippen molar-refractivity contribution < 1.29 is 18.6 Å². The van der Waals surface area contributed by atoms with E-state index in [2.05, 4.69) is 15.9 Å². The molecule has 1 aromatic rings. The highest BCUT2D eigenvalue weighted by Gasteiger charge is 2.25. The van der Waals surface area contributed by atoms with Crippen LogP contribution in [0.1, 0.15) is 18.4 Å². The van der Waals surface area contributed by atoms with Gasteiger partial charge in [-0.25, -0.2) is 8.42 Å². The molecule has 0 spiro atoms. The Kier molecular flexibility index (Phi) is 5.97. The first-order valence-corrected chi connectivity index (χ1v) is 9.43. The van der Waals surface area contributed by atoms with Crippen molar-refractivity contribution in [2.75, 3.05) is 6.61 Å². The maximum atomic E-state index is 12.6. The number of benzene rings is 1. The fraction of sp³-hybridized carbons (Fsp3) is 0.375. The van der Waals surface area contributed by atoms with Crippen LogP contribution < -0.4 is 0 Å². The number of allylic oxidation sites excluding steroid dienone is 3. The Morgan fingerprint density at radius 3 is 2.68 bits per heavy atom. The maximum Gasteiger partial charge on any atom is 0.185 e. The van der Waals surface area contributed by atoms with Gasteiger partial charge in [0.25, 0.3) is 0 Å². The summed E-state index contributed by atoms with van der Waals surface area (Å²) in [4.78, 5) is 0.288. The highest BCUT2D eigenvalue weighted by Crippen LogP contribution is 2.27. The summed E-state index contributed by atoms with van der Waals surface area (Å²) in [5, 5.41) is 17.7. The van der Waals surface area contributed by atoms with Gasteiger partial charge in [-0.2, -0.15) is 0 Å². The molecule has 22 heavy (non-hydrogen) atoms. The molecule has 1 unspecified atom stereocenters. The quantitative estimate of drug-likeness (QED) is 0.786. The summed E-state index contributed by atoms with van der Waals surface area (Å²) < 4.78 is 25.9. The van der Waals surface area contributed by atoms with E-state index in [0.717, 1.165) is 5.56 Å². The molecule has 0 saturated heterocycles. The van der Waals surface area contributed by atoms with Crippen molar-refractivity contribution in [2.45, 2.75) is 35.5 Å². The van der Waals surface area contributed by atoms with E-state index in [1.54, 1.807) is 30.4 Å². The van der Waals surface area contributed by atoms with Gasteiger partial charge in [-0.15, -0.1) is 0 Å². The van der Waals surface area contributed by atoms with Crippen molar-refractivity contribution in [3.05, 3.63) is 52.5 Å². The summed E-state index contributed by atoms with van der Waals surface area (Å²) in [6, 6.07) is 4.97. The van der Waals surface area contributed by atoms with Crippen LogP contribution in [0.3, 0.4) is 0 Å². The van der Waals surface area contributed by atoms with Gasteiger partial charge in [-0.05, 0) is 37.0 Å². The number of aryl methyl sites for hydroxylation is 1. The average Bonchev–Trinajstić information content (AvgIpc) is 2.54. The second-order valence-corrected chi connectivity index (χ2v) is 8.28. The highest BCUT2D eigenvalue weighted by atomic mass is 79.9. The van der Waals surface area contributed by atoms with Gasteiger partial charge in [-0.3, -0.25) is 0 Å². The van der Waals surface area contributed by atoms with Crippen LogP contribution in [0.25, 0.3) is 0 Å². The Bertz CT molecular complexity index is 679. The summed E-state index contributed by atoms with van der Waals surface area (Å²) in [6.45, 7) is -0.272. The summed E-state index contributed by atoms with van der Waals surface area (Å²) in [5.74, 6) is 0. The predicted octanol–water partition coefficient (Wildman–Crippen LogP) is 2.39. The number of hydrogen-bond acceptors (Lipinski definition) is 4. The third-order valence-corrected chi connectivity index (χ3v) is 6.45. The summed E-state index contributed by atoms with van der Waals surface area (Å²) in [7, 11) is -3.39. The zero-order chi connectivity index (χ0) is 16.2. The van der Waals surface area contributed by atoms with Crippen LogP contribution in [0, 0.1) is 0 Å². The molecule has 0 aromatic heterocycles. The fourth-order valence-electron chi connectivity index (χ4n) is 2.28. The minimum absolute atomic E-state index is 0.272. The summed E-state index contributed by atoms with van der Waals surface area (Å²) in [6.07, 6.45) is 7.88. The molecule has 4 nitrogen and oxygen atoms in total. The van der Waals surface area contributed by atoms with E-state index in [1.165, 1.54) is 0 Å². The smallest absolute Gasteiger partial charge is 0.185 e. The molecule has 0 bridgehead atoms. The van der Waals surface area contributed by atoms with E-state index in [9.17, 15) is 13.5 Å². The molecular formula is C16H19BrO4S. The molecule has 2 N–H and O–H groups in total. The van der Waals surface area contributed by atoms with Gasteiger partial charge in [0.15, 0.2) is 9.84 Å². The number of rotatable bonds is 6. The third-order valence-electron chi connectivity index (χ3n) is 3.65. The van der Waals surface area contributed by atoms with Crippen molar-refractivity contribution in [3.63, 3.8) is 0 Å². The molecule has 120 valence electrons. The first kappa shape index (κ1) is 17.4. The highest BCUT2D eigenvalue weighted by molar-refractivity contribution is 9.10. The molecule has 2 atom stereocenters. The van der Waals surface area contributed by atoms with Gasteiger partial charge in [0.05, 0.1) is 22.9 Å². The molecule has 0 aliphatic heterocycles. The molecule has 0 radical (unpaired) electrons. The molecule has 2 rings (SSSR count). The van der Waals surface area contributed by atoms with Crippen LogP contribution in [-0.2, 0) is 16.3 Å². The molecule has 6 heteroatoms. The fourth-order valence-corrected chi connectivity index (χ4v) is 4.56. The number of sulfone groups is 1. The van der Waals surface area contributed by atoms with Gasteiger partial charge in [0.2, 0.25) is 0 Å². The Labute approximate surface area is 139 Å². The minimum atomic E-state index is -3.39. The van der Waals surface area contributed by atoms with E-state index in [4.69, 9.17) is 5.11 Å². The minimum Gasteiger partial charge on any atom is -0.394 e. The lowest BCUT2D eigenvalue weighted by atomic mass is 10.1. The van der Waals surface area contributed by atoms with Crippen LogP contribution >= 0.6 is 15.9 Å². The SMILES string of the molecule is O=S(=O)(c1ccc(CC[C@@H](O)CO)c(Br)c1)C1C=CC=CC1. The van der Waals surface area contributed by atoms with Gasteiger partial charge in [0.1, 0.15) is 0 Å². The molecule has 1 aromatic carbocycles. The number of halogens is 1. The zero-order valence-electron chi connectivity index (χ0n) is 12.0. The van der Waals surface area contributed by atoms with Gasteiger partial charge in [-0.1, -0.05) is 46.3 Å². The van der Waals surface area contributed by atoms with Crippen molar-refractivity contribution in [1.29, 1.82) is 0 Å². The average molecular weight is 387 g/mol. The van der Waals surface area contributed by atoms with Crippen LogP contribution in [0.15, 0.2) is 51.9 Å². The van der Waals surface area contributed by atoms with Crippen molar-refractivity contribution in [2.24, 2.45) is 0 Å². The second kappa shape index (κ2) is 7.55. The van der Waals surface area contributed by atoms with Gasteiger partial charge in [0, 0.05) is 4.47 Å². The standard InChI is InChI=1S/C16H19BrO4S/c17-16-10-15(9-7-12(16)6-8-13(19)11-18)22(20,21)14-4-2-1-3-5-14/h1-4,7,9-10,13-14,18-19H,5-6,8,11H2/t13-,14?/m1/s1. The zero-order valence-corrected chi connectivity index (χ0v) is 14.4. The topological polar surface area (TPSA) is 74.6 Å². The van der Waals surface area contributed by atoms with Gasteiger partial charge >= 0.3 is 0 Å². The molecule has 0 fully saturated rings. The van der Waals surface area contributed by atoms with Crippen molar-refractivity contribution in [1.82, 2.24) is 0 Å². The summed E-state index contributed by atoms with van der Waals surface area (Å²) >= 11 is 3.40. The molecule has 0 amide bonds. The number of hydrogen-bond donors (Lipinski definition) is 2. The molecule has 0 saturated carbocycles. The van der Waals surface area contributed by atoms with E-state index < -0.39 is 21.2 Å². The Morgan fingerprint density at radius 2 is 2.09 bits per heavy atom. The Morgan fingerprint density at radius 1 is 1.32 bits per heavy atom. The maximum absolute atomic E-state index is 12.6. The lowest BCUT2D eigenvalue weighted by Gasteiger charge is -2.15. The first-order valence-electron chi connectivity index (χ1n) is 7.09. The summed E-state index contributed by atoms with van der Waals surface area (Å²) in [5.41, 5.74) is 0.908. The predicted molar refractivity (Wildman–Crippen MR) is 89.4 cm³/mol. The van der Waals surface area contributed by atoms with E-state index >= 15 is 0 Å². The van der Waals surface area contributed by atoms with Crippen LogP contribution in [0.5, 0.6) is 0 Å². The van der Waals surface area contributed by atoms with E-state index in [1.807, 2.05) is 12.2 Å². The first-order chi connectivity index (χ1) is 10.4. The van der Waals surface area contributed by atoms with Crippen molar-refractivity contribution in [3.8, 4) is 0 Å². The van der Waals surface area contributed by atoms with Gasteiger partial charge < -0.3 is 10.2 Å². The molecule has 0 heterocycles. The van der Waals surface area contributed by atoms with Crippen LogP contribution in [0.4, 0.5) is 0 Å². The lowest BCUT2D eigenvalue weighted by Crippen LogP contribution is -2.19. The molecular weight excluding hydrogens is 368 g/mol. The van der Waals surface area contributed by atoms with E-state index in [0.29, 0.717) is 23.7 Å². The monoisotopic (exact) mass is 386 g/mol. The second-order valence-electron chi connectivity index (χ2n) is 5.26. The number of aliphatic hydroxyl groups is 2.